The van der Waals surface area contributed by atoms with E-state index in [1.807, 2.05) is 12.1 Å². The molecule has 4 heteroatoms. The molecule has 0 saturated carbocycles. The number of halogens is 1. The maximum Gasteiger partial charge on any atom is 0.343 e. The number of unbranched alkanes of at least 4 members (excludes halogenated alkanes) is 3. The summed E-state index contributed by atoms with van der Waals surface area (Å²) < 4.78 is 5.47. The van der Waals surface area contributed by atoms with E-state index in [1.54, 1.807) is 48.6 Å². The topological polar surface area (TPSA) is 43.4 Å². The summed E-state index contributed by atoms with van der Waals surface area (Å²) in [5, 5.41) is 0.558. The summed E-state index contributed by atoms with van der Waals surface area (Å²) >= 11 is 5.83. The lowest BCUT2D eigenvalue weighted by atomic mass is 10.1. The molecule has 0 atom stereocenters. The number of carbonyl (C=O) groups excluding carboxylic acids is 2. The fourth-order valence-electron chi connectivity index (χ4n) is 2.45. The number of ether oxygens (including phenoxy) is 1. The van der Waals surface area contributed by atoms with E-state index in [1.165, 1.54) is 0 Å². The molecule has 136 valence electrons. The van der Waals surface area contributed by atoms with Crippen molar-refractivity contribution in [1.82, 2.24) is 0 Å². The van der Waals surface area contributed by atoms with Crippen molar-refractivity contribution in [2.75, 3.05) is 0 Å². The van der Waals surface area contributed by atoms with Crippen LogP contribution >= 0.6 is 11.6 Å². The van der Waals surface area contributed by atoms with E-state index < -0.39 is 5.97 Å². The molecule has 0 bridgehead atoms. The predicted molar refractivity (Wildman–Crippen MR) is 106 cm³/mol. The largest absolute Gasteiger partial charge is 0.422 e. The van der Waals surface area contributed by atoms with Crippen LogP contribution in [0.5, 0.6) is 5.75 Å². The second-order valence-corrected chi connectivity index (χ2v) is 6.48. The number of esters is 1. The van der Waals surface area contributed by atoms with Gasteiger partial charge in [0.1, 0.15) is 5.75 Å². The highest BCUT2D eigenvalue weighted by atomic mass is 35.5. The first kappa shape index (κ1) is 19.9. The van der Waals surface area contributed by atoms with Gasteiger partial charge in [0.15, 0.2) is 5.78 Å². The molecule has 0 aromatic heterocycles. The molecule has 0 N–H and O–H groups in total. The van der Waals surface area contributed by atoms with Gasteiger partial charge >= 0.3 is 5.97 Å². The van der Waals surface area contributed by atoms with Crippen LogP contribution in [0.4, 0.5) is 0 Å². The maximum atomic E-state index is 12.3. The Morgan fingerprint density at radius 3 is 2.46 bits per heavy atom. The molecule has 0 aliphatic carbocycles. The van der Waals surface area contributed by atoms with Crippen molar-refractivity contribution in [2.24, 2.45) is 0 Å². The van der Waals surface area contributed by atoms with Gasteiger partial charge in [-0.2, -0.15) is 0 Å². The lowest BCUT2D eigenvalue weighted by Gasteiger charge is -2.07. The highest BCUT2D eigenvalue weighted by Gasteiger charge is 2.10. The lowest BCUT2D eigenvalue weighted by molar-refractivity contribution is -0.114. The van der Waals surface area contributed by atoms with Gasteiger partial charge in [-0.1, -0.05) is 56.0 Å². The van der Waals surface area contributed by atoms with Gasteiger partial charge in [0.2, 0.25) is 0 Å². The van der Waals surface area contributed by atoms with E-state index in [9.17, 15) is 9.59 Å². The zero-order valence-corrected chi connectivity index (χ0v) is 15.7. The number of rotatable bonds is 9. The molecule has 0 radical (unpaired) electrons. The van der Waals surface area contributed by atoms with Gasteiger partial charge in [0.25, 0.3) is 0 Å². The molecule has 0 heterocycles. The van der Waals surface area contributed by atoms with Gasteiger partial charge < -0.3 is 4.74 Å². The Kier molecular flexibility index (Phi) is 8.10. The number of ketones is 1. The van der Waals surface area contributed by atoms with Crippen molar-refractivity contribution in [3.8, 4) is 5.75 Å². The van der Waals surface area contributed by atoms with Gasteiger partial charge in [0.05, 0.1) is 5.56 Å². The Morgan fingerprint density at radius 1 is 1.00 bits per heavy atom. The summed E-state index contributed by atoms with van der Waals surface area (Å²) in [6.07, 6.45) is 8.09. The SMILES string of the molecule is CCCCCCC(=O)/C=C\c1ccccc1OC(=O)c1ccc(Cl)cc1. The van der Waals surface area contributed by atoms with Crippen molar-refractivity contribution in [1.29, 1.82) is 0 Å². The quantitative estimate of drug-likeness (QED) is 0.231. The summed E-state index contributed by atoms with van der Waals surface area (Å²) in [4.78, 5) is 24.2. The molecule has 3 nitrogen and oxygen atoms in total. The minimum Gasteiger partial charge on any atom is -0.422 e. The zero-order valence-electron chi connectivity index (χ0n) is 14.9. The van der Waals surface area contributed by atoms with Crippen LogP contribution in [0, 0.1) is 0 Å². The Labute approximate surface area is 159 Å². The molecule has 2 rings (SSSR count). The van der Waals surface area contributed by atoms with Crippen LogP contribution < -0.4 is 4.74 Å². The van der Waals surface area contributed by atoms with E-state index in [-0.39, 0.29) is 5.78 Å². The van der Waals surface area contributed by atoms with E-state index in [0.29, 0.717) is 28.3 Å². The third-order valence-electron chi connectivity index (χ3n) is 3.93. The van der Waals surface area contributed by atoms with E-state index >= 15 is 0 Å². The average Bonchev–Trinajstić information content (AvgIpc) is 2.65. The summed E-state index contributed by atoms with van der Waals surface area (Å²) in [6, 6.07) is 13.7. The summed E-state index contributed by atoms with van der Waals surface area (Å²) in [5.74, 6) is 0.0378. The first-order chi connectivity index (χ1) is 12.6. The first-order valence-electron chi connectivity index (χ1n) is 8.88. The van der Waals surface area contributed by atoms with Gasteiger partial charge in [-0.3, -0.25) is 4.79 Å². The maximum absolute atomic E-state index is 12.3. The van der Waals surface area contributed by atoms with E-state index in [4.69, 9.17) is 16.3 Å². The van der Waals surface area contributed by atoms with Gasteiger partial charge in [0, 0.05) is 17.0 Å². The second-order valence-electron chi connectivity index (χ2n) is 6.04. The van der Waals surface area contributed by atoms with Crippen LogP contribution in [0.1, 0.15) is 54.9 Å². The monoisotopic (exact) mass is 370 g/mol. The van der Waals surface area contributed by atoms with Gasteiger partial charge in [-0.25, -0.2) is 4.79 Å². The molecule has 2 aromatic rings. The normalized spacial score (nSPS) is 10.8. The van der Waals surface area contributed by atoms with Crippen molar-refractivity contribution in [3.63, 3.8) is 0 Å². The molecule has 0 aliphatic rings. The summed E-state index contributed by atoms with van der Waals surface area (Å²) in [7, 11) is 0. The summed E-state index contributed by atoms with van der Waals surface area (Å²) in [6.45, 7) is 2.14. The van der Waals surface area contributed by atoms with Gasteiger partial charge in [-0.05, 0) is 48.9 Å². The van der Waals surface area contributed by atoms with Crippen molar-refractivity contribution < 1.29 is 14.3 Å². The van der Waals surface area contributed by atoms with E-state index in [0.717, 1.165) is 25.7 Å². The molecule has 0 spiro atoms. The average molecular weight is 371 g/mol. The third kappa shape index (κ3) is 6.49. The van der Waals surface area contributed by atoms with Gasteiger partial charge in [-0.15, -0.1) is 0 Å². The Morgan fingerprint density at radius 2 is 1.73 bits per heavy atom. The van der Waals surface area contributed by atoms with Crippen molar-refractivity contribution >= 4 is 29.4 Å². The molecule has 0 amide bonds. The number of hydrogen-bond donors (Lipinski definition) is 0. The zero-order chi connectivity index (χ0) is 18.8. The van der Waals surface area contributed by atoms with Crippen molar-refractivity contribution in [3.05, 3.63) is 70.8 Å². The molecule has 0 saturated heterocycles. The lowest BCUT2D eigenvalue weighted by Crippen LogP contribution is -2.09. The highest BCUT2D eigenvalue weighted by molar-refractivity contribution is 6.30. The number of carbonyl (C=O) groups is 2. The minimum absolute atomic E-state index is 0.0833. The van der Waals surface area contributed by atoms with Crippen LogP contribution in [0.2, 0.25) is 5.02 Å². The molecular formula is C22H23ClO3. The Balaban J connectivity index is 2.00. The Bertz CT molecular complexity index is 763. The minimum atomic E-state index is -0.464. The standard InChI is InChI=1S/C22H23ClO3/c1-2-3-4-5-9-20(24)16-13-17-8-6-7-10-21(17)26-22(25)18-11-14-19(23)15-12-18/h6-8,10-16H,2-5,9H2,1H3/b16-13-. The van der Waals surface area contributed by atoms with Crippen LogP contribution in [-0.2, 0) is 4.79 Å². The number of allylic oxidation sites excluding steroid dienone is 1. The molecule has 2 aromatic carbocycles. The smallest absolute Gasteiger partial charge is 0.343 e. The number of benzene rings is 2. The molecule has 0 aliphatic heterocycles. The van der Waals surface area contributed by atoms with Crippen molar-refractivity contribution in [2.45, 2.75) is 39.0 Å². The summed E-state index contributed by atoms with van der Waals surface area (Å²) in [5.41, 5.74) is 1.11. The van der Waals surface area contributed by atoms with E-state index in [2.05, 4.69) is 6.92 Å². The molecule has 0 unspecified atom stereocenters. The van der Waals surface area contributed by atoms with Crippen LogP contribution in [0.25, 0.3) is 6.08 Å². The molecular weight excluding hydrogens is 348 g/mol. The van der Waals surface area contributed by atoms with Crippen LogP contribution in [0.3, 0.4) is 0 Å². The number of hydrogen-bond acceptors (Lipinski definition) is 3. The predicted octanol–water partition coefficient (Wildman–Crippen LogP) is 6.11. The Hall–Kier alpha value is -2.39. The highest BCUT2D eigenvalue weighted by Crippen LogP contribution is 2.21. The molecule has 26 heavy (non-hydrogen) atoms. The fourth-order valence-corrected chi connectivity index (χ4v) is 2.57. The second kappa shape index (κ2) is 10.6. The third-order valence-corrected chi connectivity index (χ3v) is 4.18. The first-order valence-corrected chi connectivity index (χ1v) is 9.25. The van der Waals surface area contributed by atoms with Crippen LogP contribution in [0.15, 0.2) is 54.6 Å². The number of para-hydroxylation sites is 1. The molecule has 0 fully saturated rings. The fraction of sp³-hybridized carbons (Fsp3) is 0.273. The van der Waals surface area contributed by atoms with Crippen LogP contribution in [-0.4, -0.2) is 11.8 Å².